The van der Waals surface area contributed by atoms with Crippen LogP contribution >= 0.6 is 11.3 Å². The molecule has 4 heteroatoms. The van der Waals surface area contributed by atoms with Gasteiger partial charge in [-0.1, -0.05) is 36.4 Å². The van der Waals surface area contributed by atoms with E-state index in [2.05, 4.69) is 16.8 Å². The van der Waals surface area contributed by atoms with E-state index in [-0.39, 0.29) is 18.0 Å². The molecule has 1 aromatic carbocycles. The van der Waals surface area contributed by atoms with Gasteiger partial charge in [-0.2, -0.15) is 0 Å². The summed E-state index contributed by atoms with van der Waals surface area (Å²) < 4.78 is 0. The van der Waals surface area contributed by atoms with E-state index < -0.39 is 0 Å². The number of benzene rings is 1. The molecular weight excluding hydrogens is 268 g/mol. The number of carbonyl (C=O) groups excluding carboxylic acids is 1. The number of hydrogen-bond acceptors (Lipinski definition) is 3. The van der Waals surface area contributed by atoms with Gasteiger partial charge in [0.2, 0.25) is 5.91 Å². The van der Waals surface area contributed by atoms with Crippen LogP contribution in [0.4, 0.5) is 0 Å². The second-order valence-corrected chi connectivity index (χ2v) is 6.01. The van der Waals surface area contributed by atoms with E-state index in [0.717, 1.165) is 12.0 Å². The lowest BCUT2D eigenvalue weighted by Gasteiger charge is -2.16. The highest BCUT2D eigenvalue weighted by molar-refractivity contribution is 7.09. The summed E-state index contributed by atoms with van der Waals surface area (Å²) in [7, 11) is 0. The Kier molecular flexibility index (Phi) is 5.32. The smallest absolute Gasteiger partial charge is 0.222 e. The zero-order valence-corrected chi connectivity index (χ0v) is 12.4. The lowest BCUT2D eigenvalue weighted by molar-refractivity contribution is -0.122. The first-order valence-electron chi connectivity index (χ1n) is 6.77. The van der Waals surface area contributed by atoms with Crippen molar-refractivity contribution in [2.24, 2.45) is 5.73 Å². The Morgan fingerprint density at radius 3 is 2.65 bits per heavy atom. The lowest BCUT2D eigenvalue weighted by Crippen LogP contribution is -2.35. The third-order valence-corrected chi connectivity index (χ3v) is 4.03. The second-order valence-electron chi connectivity index (χ2n) is 4.97. The van der Waals surface area contributed by atoms with Crippen LogP contribution in [0.2, 0.25) is 0 Å². The summed E-state index contributed by atoms with van der Waals surface area (Å²) in [5, 5.41) is 5.06. The molecular formula is C16H20N2OS. The normalized spacial score (nSPS) is 13.7. The average molecular weight is 288 g/mol. The molecule has 2 rings (SSSR count). The predicted molar refractivity (Wildman–Crippen MR) is 83.6 cm³/mol. The number of carbonyl (C=O) groups is 1. The van der Waals surface area contributed by atoms with Gasteiger partial charge in [-0.15, -0.1) is 11.3 Å². The summed E-state index contributed by atoms with van der Waals surface area (Å²) in [4.78, 5) is 13.3. The predicted octanol–water partition coefficient (Wildman–Crippen LogP) is 2.89. The summed E-state index contributed by atoms with van der Waals surface area (Å²) in [5.74, 6) is 0.00501. The fourth-order valence-corrected chi connectivity index (χ4v) is 2.97. The highest BCUT2D eigenvalue weighted by Gasteiger charge is 2.13. The minimum atomic E-state index is -0.245. The largest absolute Gasteiger partial charge is 0.353 e. The van der Waals surface area contributed by atoms with Gasteiger partial charge in [-0.25, -0.2) is 0 Å². The van der Waals surface area contributed by atoms with Crippen LogP contribution in [0, 0.1) is 0 Å². The Morgan fingerprint density at radius 2 is 2.00 bits per heavy atom. The van der Waals surface area contributed by atoms with Gasteiger partial charge in [0.25, 0.3) is 0 Å². The SMILES string of the molecule is C[C@H](Cc1cccs1)NC(=O)C[C@H](N)c1ccccc1. The summed E-state index contributed by atoms with van der Waals surface area (Å²) in [6, 6.07) is 13.7. The van der Waals surface area contributed by atoms with Gasteiger partial charge in [0.05, 0.1) is 0 Å². The van der Waals surface area contributed by atoms with Gasteiger partial charge >= 0.3 is 0 Å². The molecule has 0 aliphatic rings. The summed E-state index contributed by atoms with van der Waals surface area (Å²) >= 11 is 1.71. The molecule has 106 valence electrons. The highest BCUT2D eigenvalue weighted by atomic mass is 32.1. The number of amides is 1. The Balaban J connectivity index is 1.80. The average Bonchev–Trinajstić information content (AvgIpc) is 2.92. The van der Waals surface area contributed by atoms with Crippen molar-refractivity contribution >= 4 is 17.2 Å². The van der Waals surface area contributed by atoms with Gasteiger partial charge in [0.1, 0.15) is 0 Å². The van der Waals surface area contributed by atoms with Crippen LogP contribution in [0.5, 0.6) is 0 Å². The minimum absolute atomic E-state index is 0.00501. The number of rotatable bonds is 6. The van der Waals surface area contributed by atoms with Crippen LogP contribution < -0.4 is 11.1 Å². The van der Waals surface area contributed by atoms with Gasteiger partial charge < -0.3 is 11.1 Å². The first-order valence-corrected chi connectivity index (χ1v) is 7.65. The lowest BCUT2D eigenvalue weighted by atomic mass is 10.0. The molecule has 0 radical (unpaired) electrons. The second kappa shape index (κ2) is 7.22. The molecule has 0 bridgehead atoms. The summed E-state index contributed by atoms with van der Waals surface area (Å²) in [5.41, 5.74) is 7.04. The molecule has 2 atom stereocenters. The molecule has 0 unspecified atom stereocenters. The van der Waals surface area contributed by atoms with Gasteiger partial charge in [-0.3, -0.25) is 4.79 Å². The molecule has 1 aromatic heterocycles. The van der Waals surface area contributed by atoms with E-state index in [4.69, 9.17) is 5.73 Å². The molecule has 0 fully saturated rings. The van der Waals surface area contributed by atoms with Crippen LogP contribution in [0.15, 0.2) is 47.8 Å². The van der Waals surface area contributed by atoms with Crippen molar-refractivity contribution in [3.8, 4) is 0 Å². The summed E-state index contributed by atoms with van der Waals surface area (Å²) in [6.07, 6.45) is 1.18. The van der Waals surface area contributed by atoms with Crippen LogP contribution in [0.3, 0.4) is 0 Å². The third kappa shape index (κ3) is 4.47. The van der Waals surface area contributed by atoms with Crippen molar-refractivity contribution < 1.29 is 4.79 Å². The Morgan fingerprint density at radius 1 is 1.25 bits per heavy atom. The Bertz CT molecular complexity index is 525. The molecule has 2 aromatic rings. The molecule has 3 nitrogen and oxygen atoms in total. The van der Waals surface area contributed by atoms with E-state index in [1.54, 1.807) is 11.3 Å². The maximum atomic E-state index is 12.0. The number of nitrogens with two attached hydrogens (primary N) is 1. The molecule has 1 amide bonds. The first-order chi connectivity index (χ1) is 9.65. The van der Waals surface area contributed by atoms with Crippen molar-refractivity contribution in [3.63, 3.8) is 0 Å². The molecule has 0 saturated heterocycles. The first kappa shape index (κ1) is 14.8. The van der Waals surface area contributed by atoms with Crippen molar-refractivity contribution in [1.29, 1.82) is 0 Å². The van der Waals surface area contributed by atoms with Crippen molar-refractivity contribution in [1.82, 2.24) is 5.32 Å². The monoisotopic (exact) mass is 288 g/mol. The fraction of sp³-hybridized carbons (Fsp3) is 0.312. The molecule has 0 spiro atoms. The maximum Gasteiger partial charge on any atom is 0.222 e. The van der Waals surface area contributed by atoms with Crippen LogP contribution in [-0.4, -0.2) is 11.9 Å². The molecule has 20 heavy (non-hydrogen) atoms. The van der Waals surface area contributed by atoms with Gasteiger partial charge in [0, 0.05) is 29.8 Å². The van der Waals surface area contributed by atoms with Crippen LogP contribution in [-0.2, 0) is 11.2 Å². The van der Waals surface area contributed by atoms with Crippen molar-refractivity contribution in [2.45, 2.75) is 31.8 Å². The molecule has 0 aliphatic carbocycles. The number of thiophene rings is 1. The van der Waals surface area contributed by atoms with E-state index in [9.17, 15) is 4.79 Å². The number of hydrogen-bond donors (Lipinski definition) is 2. The van der Waals surface area contributed by atoms with Crippen LogP contribution in [0.25, 0.3) is 0 Å². The van der Waals surface area contributed by atoms with E-state index >= 15 is 0 Å². The Hall–Kier alpha value is -1.65. The van der Waals surface area contributed by atoms with E-state index in [1.807, 2.05) is 43.3 Å². The Labute approximate surface area is 123 Å². The van der Waals surface area contributed by atoms with E-state index in [0.29, 0.717) is 6.42 Å². The van der Waals surface area contributed by atoms with Gasteiger partial charge in [-0.05, 0) is 23.9 Å². The number of nitrogens with one attached hydrogen (secondary N) is 1. The fourth-order valence-electron chi connectivity index (χ4n) is 2.13. The van der Waals surface area contributed by atoms with Crippen molar-refractivity contribution in [2.75, 3.05) is 0 Å². The molecule has 3 N–H and O–H groups in total. The quantitative estimate of drug-likeness (QED) is 0.858. The molecule has 1 heterocycles. The van der Waals surface area contributed by atoms with E-state index in [1.165, 1.54) is 4.88 Å². The molecule has 0 saturated carbocycles. The topological polar surface area (TPSA) is 55.1 Å². The third-order valence-electron chi connectivity index (χ3n) is 3.13. The molecule has 0 aliphatic heterocycles. The van der Waals surface area contributed by atoms with Crippen LogP contribution in [0.1, 0.15) is 29.8 Å². The highest BCUT2D eigenvalue weighted by Crippen LogP contribution is 2.14. The zero-order valence-electron chi connectivity index (χ0n) is 11.6. The van der Waals surface area contributed by atoms with Gasteiger partial charge in [0.15, 0.2) is 0 Å². The minimum Gasteiger partial charge on any atom is -0.353 e. The van der Waals surface area contributed by atoms with Crippen molar-refractivity contribution in [3.05, 3.63) is 58.3 Å². The zero-order chi connectivity index (χ0) is 14.4. The summed E-state index contributed by atoms with van der Waals surface area (Å²) in [6.45, 7) is 2.02. The maximum absolute atomic E-state index is 12.0. The standard InChI is InChI=1S/C16H20N2OS/c1-12(10-14-8-5-9-20-14)18-16(19)11-15(17)13-6-3-2-4-7-13/h2-9,12,15H,10-11,17H2,1H3,(H,18,19)/t12-,15+/m1/s1.